The molecule has 9 nitrogen and oxygen atoms in total. The molecule has 1 saturated heterocycles. The van der Waals surface area contributed by atoms with Crippen LogP contribution in [0.15, 0.2) is 76.1 Å². The first-order chi connectivity index (χ1) is 18.5. The number of hydrogen-bond donors (Lipinski definition) is 1. The minimum Gasteiger partial charge on any atom is -0.467 e. The van der Waals surface area contributed by atoms with Crippen molar-refractivity contribution in [1.82, 2.24) is 35.0 Å². The van der Waals surface area contributed by atoms with Gasteiger partial charge in [0.15, 0.2) is 5.82 Å². The van der Waals surface area contributed by atoms with Gasteiger partial charge in [0, 0.05) is 49.2 Å². The number of nitrogens with zero attached hydrogens (tertiary/aromatic N) is 6. The zero-order valence-corrected chi connectivity index (χ0v) is 21.7. The number of pyridine rings is 1. The van der Waals surface area contributed by atoms with Crippen LogP contribution in [0.3, 0.4) is 0 Å². The molecule has 1 N–H and O–H groups in total. The molecule has 0 unspecified atom stereocenters. The topological polar surface area (TPSA) is 96.1 Å². The van der Waals surface area contributed by atoms with E-state index < -0.39 is 6.04 Å². The fraction of sp³-hybridized carbons (Fsp3) is 0.310. The van der Waals surface area contributed by atoms with E-state index in [9.17, 15) is 4.79 Å². The number of nitrogens with one attached hydrogen (secondary N) is 1. The smallest absolute Gasteiger partial charge is 0.253 e. The van der Waals surface area contributed by atoms with Crippen molar-refractivity contribution in [2.75, 3.05) is 26.2 Å². The second kappa shape index (κ2) is 10.4. The number of benzene rings is 2. The summed E-state index contributed by atoms with van der Waals surface area (Å²) >= 11 is 0. The van der Waals surface area contributed by atoms with Crippen LogP contribution in [0, 0.1) is 13.8 Å². The van der Waals surface area contributed by atoms with Gasteiger partial charge in [-0.2, -0.15) is 0 Å². The van der Waals surface area contributed by atoms with Crippen LogP contribution in [0.5, 0.6) is 0 Å². The average Bonchev–Trinajstić information content (AvgIpc) is 3.59. The maximum atomic E-state index is 13.6. The van der Waals surface area contributed by atoms with Crippen LogP contribution in [0.1, 0.15) is 39.9 Å². The summed E-state index contributed by atoms with van der Waals surface area (Å²) in [5.74, 6) is 1.39. The summed E-state index contributed by atoms with van der Waals surface area (Å²) in [6, 6.07) is 20.1. The van der Waals surface area contributed by atoms with Gasteiger partial charge >= 0.3 is 0 Å². The fourth-order valence-corrected chi connectivity index (χ4v) is 5.48. The van der Waals surface area contributed by atoms with Crippen molar-refractivity contribution in [2.24, 2.45) is 0 Å². The van der Waals surface area contributed by atoms with E-state index in [1.165, 1.54) is 5.56 Å². The van der Waals surface area contributed by atoms with E-state index in [4.69, 9.17) is 4.42 Å². The molecule has 9 heteroatoms. The van der Waals surface area contributed by atoms with Crippen LogP contribution >= 0.6 is 0 Å². The third-order valence-electron chi connectivity index (χ3n) is 7.35. The lowest BCUT2D eigenvalue weighted by atomic mass is 9.99. The largest absolute Gasteiger partial charge is 0.467 e. The molecule has 0 spiro atoms. The number of aryl methyl sites for hydroxylation is 2. The monoisotopic (exact) mass is 509 g/mol. The Labute approximate surface area is 220 Å². The van der Waals surface area contributed by atoms with Crippen molar-refractivity contribution in [3.63, 3.8) is 0 Å². The first-order valence-corrected chi connectivity index (χ1v) is 13.0. The fourth-order valence-electron chi connectivity index (χ4n) is 5.48. The quantitative estimate of drug-likeness (QED) is 0.358. The summed E-state index contributed by atoms with van der Waals surface area (Å²) in [6.45, 7) is 8.76. The van der Waals surface area contributed by atoms with Gasteiger partial charge in [0.1, 0.15) is 18.3 Å². The van der Waals surface area contributed by atoms with E-state index in [1.54, 1.807) is 10.9 Å². The van der Waals surface area contributed by atoms with Gasteiger partial charge in [0.05, 0.1) is 6.26 Å². The summed E-state index contributed by atoms with van der Waals surface area (Å²) in [5.41, 5.74) is 4.92. The summed E-state index contributed by atoms with van der Waals surface area (Å²) in [5, 5.41) is 13.8. The van der Waals surface area contributed by atoms with Crippen LogP contribution in [0.4, 0.5) is 0 Å². The van der Waals surface area contributed by atoms with Gasteiger partial charge in [-0.1, -0.05) is 36.4 Å². The highest BCUT2D eigenvalue weighted by Gasteiger charge is 2.33. The van der Waals surface area contributed by atoms with Crippen molar-refractivity contribution < 1.29 is 4.42 Å². The number of aromatic amines is 1. The minimum atomic E-state index is -0.396. The van der Waals surface area contributed by atoms with Gasteiger partial charge < -0.3 is 9.40 Å². The van der Waals surface area contributed by atoms with E-state index >= 15 is 0 Å². The Bertz CT molecular complexity index is 1580. The Kier molecular flexibility index (Phi) is 6.61. The molecular weight excluding hydrogens is 478 g/mol. The van der Waals surface area contributed by atoms with Gasteiger partial charge in [-0.05, 0) is 65.2 Å². The molecule has 38 heavy (non-hydrogen) atoms. The van der Waals surface area contributed by atoms with Crippen molar-refractivity contribution in [1.29, 1.82) is 0 Å². The van der Waals surface area contributed by atoms with Gasteiger partial charge in [-0.15, -0.1) is 5.10 Å². The molecular formula is C29H31N7O2. The van der Waals surface area contributed by atoms with Crippen LogP contribution in [-0.2, 0) is 13.1 Å². The van der Waals surface area contributed by atoms with Crippen LogP contribution in [-0.4, -0.2) is 61.2 Å². The van der Waals surface area contributed by atoms with E-state index in [1.807, 2.05) is 37.3 Å². The Balaban J connectivity index is 1.37. The number of H-pyrrole nitrogens is 1. The number of furan rings is 1. The Hall–Kier alpha value is -4.08. The molecule has 1 aliphatic heterocycles. The zero-order valence-electron chi connectivity index (χ0n) is 21.7. The zero-order chi connectivity index (χ0) is 26.1. The first kappa shape index (κ1) is 24.3. The molecule has 3 aromatic heterocycles. The van der Waals surface area contributed by atoms with E-state index in [0.29, 0.717) is 17.9 Å². The lowest BCUT2D eigenvalue weighted by Gasteiger charge is -2.38. The normalized spacial score (nSPS) is 15.7. The van der Waals surface area contributed by atoms with Crippen LogP contribution < -0.4 is 5.56 Å². The Morgan fingerprint density at radius 2 is 1.79 bits per heavy atom. The van der Waals surface area contributed by atoms with E-state index in [-0.39, 0.29) is 5.56 Å². The molecule has 6 rings (SSSR count). The lowest BCUT2D eigenvalue weighted by molar-refractivity contribution is 0.0997. The first-order valence-electron chi connectivity index (χ1n) is 13.0. The molecule has 2 aromatic carbocycles. The molecule has 0 radical (unpaired) electrons. The van der Waals surface area contributed by atoms with Gasteiger partial charge in [-0.3, -0.25) is 14.6 Å². The molecule has 5 aromatic rings. The molecule has 1 aliphatic rings. The Morgan fingerprint density at radius 1 is 0.974 bits per heavy atom. The molecule has 0 amide bonds. The van der Waals surface area contributed by atoms with Gasteiger partial charge in [0.2, 0.25) is 0 Å². The number of hydrogen-bond acceptors (Lipinski definition) is 7. The average molecular weight is 510 g/mol. The summed E-state index contributed by atoms with van der Waals surface area (Å²) in [6.07, 6.45) is 1.64. The Morgan fingerprint density at radius 3 is 2.55 bits per heavy atom. The predicted octanol–water partition coefficient (Wildman–Crippen LogP) is 3.68. The lowest BCUT2D eigenvalue weighted by Crippen LogP contribution is -2.48. The van der Waals surface area contributed by atoms with Gasteiger partial charge in [0.25, 0.3) is 5.56 Å². The molecule has 194 valence electrons. The summed E-state index contributed by atoms with van der Waals surface area (Å²) in [4.78, 5) is 21.5. The van der Waals surface area contributed by atoms with Gasteiger partial charge in [-0.25, -0.2) is 4.68 Å². The number of rotatable bonds is 7. The number of fused-ring (bicyclic) bond motifs is 1. The molecule has 0 aliphatic carbocycles. The minimum absolute atomic E-state index is 0.119. The maximum Gasteiger partial charge on any atom is 0.253 e. The SMILES string of the molecule is Cc1cc(C)c2cc([C@H](c3nnnn3Cc3ccco3)N3CCN(Cc4ccccc4)CC3)c(=O)[nH]c2c1. The highest BCUT2D eigenvalue weighted by Crippen LogP contribution is 2.29. The van der Waals surface area contributed by atoms with Crippen LogP contribution in [0.2, 0.25) is 0 Å². The van der Waals surface area contributed by atoms with Crippen molar-refractivity contribution in [3.8, 4) is 0 Å². The molecule has 0 saturated carbocycles. The standard InChI is InChI=1S/C29H31N7O2/c1-20-15-21(2)24-17-25(29(37)30-26(24)16-20)27(28-31-32-33-36(28)19-23-9-6-14-38-23)35-12-10-34(11-13-35)18-22-7-4-3-5-8-22/h3-9,14-17,27H,10-13,18-19H2,1-2H3,(H,30,37)/t27-/m1/s1. The second-order valence-electron chi connectivity index (χ2n) is 10.1. The number of tetrazole rings is 1. The van der Waals surface area contributed by atoms with E-state index in [0.717, 1.165) is 60.5 Å². The highest BCUT2D eigenvalue weighted by molar-refractivity contribution is 5.83. The highest BCUT2D eigenvalue weighted by atomic mass is 16.3. The summed E-state index contributed by atoms with van der Waals surface area (Å²) in [7, 11) is 0. The van der Waals surface area contributed by atoms with Crippen molar-refractivity contribution >= 4 is 10.9 Å². The number of aromatic nitrogens is 5. The molecule has 4 heterocycles. The number of piperazine rings is 1. The molecule has 1 fully saturated rings. The third-order valence-corrected chi connectivity index (χ3v) is 7.35. The third kappa shape index (κ3) is 4.90. The molecule has 0 bridgehead atoms. The van der Waals surface area contributed by atoms with Crippen molar-refractivity contribution in [2.45, 2.75) is 33.0 Å². The molecule has 1 atom stereocenters. The van der Waals surface area contributed by atoms with Crippen LogP contribution in [0.25, 0.3) is 10.9 Å². The predicted molar refractivity (Wildman–Crippen MR) is 145 cm³/mol. The second-order valence-corrected chi connectivity index (χ2v) is 10.1. The summed E-state index contributed by atoms with van der Waals surface area (Å²) < 4.78 is 7.31. The van der Waals surface area contributed by atoms with Crippen molar-refractivity contribution in [3.05, 3.63) is 111 Å². The van der Waals surface area contributed by atoms with E-state index in [2.05, 4.69) is 67.6 Å². The maximum absolute atomic E-state index is 13.6.